The fourth-order valence-electron chi connectivity index (χ4n) is 2.79. The molecule has 0 bridgehead atoms. The van der Waals surface area contributed by atoms with Crippen LogP contribution < -0.4 is 15.4 Å². The molecule has 28 heavy (non-hydrogen) atoms. The van der Waals surface area contributed by atoms with E-state index in [-0.39, 0.29) is 23.5 Å². The summed E-state index contributed by atoms with van der Waals surface area (Å²) in [5, 5.41) is 5.43. The third-order valence-corrected chi connectivity index (χ3v) is 4.72. The van der Waals surface area contributed by atoms with Crippen LogP contribution in [0, 0.1) is 13.8 Å². The number of anilines is 1. The number of hydrogen-bond donors (Lipinski definition) is 2. The Labute approximate surface area is 167 Å². The number of nitrogens with one attached hydrogen (secondary N) is 2. The molecule has 3 rings (SSSR count). The van der Waals surface area contributed by atoms with Crippen molar-refractivity contribution in [3.8, 4) is 5.75 Å². The van der Waals surface area contributed by atoms with Crippen molar-refractivity contribution in [2.75, 3.05) is 19.0 Å². The van der Waals surface area contributed by atoms with E-state index in [2.05, 4.69) is 10.6 Å². The third-order valence-electron chi connectivity index (χ3n) is 4.51. The van der Waals surface area contributed by atoms with Crippen molar-refractivity contribution in [1.82, 2.24) is 10.2 Å². The predicted molar refractivity (Wildman–Crippen MR) is 109 cm³/mol. The monoisotopic (exact) mass is 397 g/mol. The maximum atomic E-state index is 12.1. The number of hydrogen-bond acceptors (Lipinski definition) is 5. The molecule has 7 nitrogen and oxygen atoms in total. The molecule has 2 N–H and O–H groups in total. The summed E-state index contributed by atoms with van der Waals surface area (Å²) in [6.07, 6.45) is 0. The zero-order valence-corrected chi connectivity index (χ0v) is 16.5. The Morgan fingerprint density at radius 3 is 2.57 bits per heavy atom. The second-order valence-corrected chi connectivity index (χ2v) is 6.83. The van der Waals surface area contributed by atoms with Crippen LogP contribution in [0.1, 0.15) is 31.8 Å². The first kappa shape index (κ1) is 19.5. The molecule has 0 aromatic heterocycles. The van der Waals surface area contributed by atoms with Gasteiger partial charge in [0.15, 0.2) is 11.7 Å². The summed E-state index contributed by atoms with van der Waals surface area (Å²) < 4.78 is 5.54. The Balaban J connectivity index is 1.57. The smallest absolute Gasteiger partial charge is 0.264 e. The van der Waals surface area contributed by atoms with Gasteiger partial charge < -0.3 is 10.1 Å². The van der Waals surface area contributed by atoms with Crippen molar-refractivity contribution in [3.05, 3.63) is 58.7 Å². The molecular formula is C20H19N3O4S. The van der Waals surface area contributed by atoms with Crippen molar-refractivity contribution >= 4 is 40.7 Å². The number of amides is 3. The summed E-state index contributed by atoms with van der Waals surface area (Å²) in [5.74, 6) is -0.489. The van der Waals surface area contributed by atoms with Crippen LogP contribution in [0.2, 0.25) is 0 Å². The summed E-state index contributed by atoms with van der Waals surface area (Å²) in [6.45, 7) is 3.70. The summed E-state index contributed by atoms with van der Waals surface area (Å²) in [6, 6.07) is 10.3. The number of ether oxygens (including phenoxy) is 1. The Kier molecular flexibility index (Phi) is 5.41. The number of nitrogens with zero attached hydrogens (tertiary/aromatic N) is 1. The van der Waals surface area contributed by atoms with Gasteiger partial charge in [-0.15, -0.1) is 0 Å². The molecule has 0 atom stereocenters. The van der Waals surface area contributed by atoms with Crippen LogP contribution >= 0.6 is 12.2 Å². The third kappa shape index (κ3) is 3.86. The minimum absolute atomic E-state index is 0.0691. The van der Waals surface area contributed by atoms with E-state index in [0.29, 0.717) is 22.6 Å². The summed E-state index contributed by atoms with van der Waals surface area (Å²) in [4.78, 5) is 37.1. The fraction of sp³-hybridized carbons (Fsp3) is 0.200. The molecule has 0 unspecified atom stereocenters. The van der Waals surface area contributed by atoms with Gasteiger partial charge in [0.2, 0.25) is 0 Å². The summed E-state index contributed by atoms with van der Waals surface area (Å²) in [7, 11) is 1.43. The minimum Gasteiger partial charge on any atom is -0.483 e. The van der Waals surface area contributed by atoms with E-state index in [9.17, 15) is 14.4 Å². The van der Waals surface area contributed by atoms with Gasteiger partial charge in [-0.3, -0.25) is 24.6 Å². The number of rotatable bonds is 4. The van der Waals surface area contributed by atoms with Crippen molar-refractivity contribution in [1.29, 1.82) is 0 Å². The van der Waals surface area contributed by atoms with Gasteiger partial charge in [-0.25, -0.2) is 0 Å². The number of aryl methyl sites for hydroxylation is 1. The lowest BCUT2D eigenvalue weighted by molar-refractivity contribution is -0.121. The number of carbonyl (C=O) groups excluding carboxylic acids is 3. The predicted octanol–water partition coefficient (Wildman–Crippen LogP) is 2.42. The van der Waals surface area contributed by atoms with E-state index in [1.54, 1.807) is 18.2 Å². The first-order valence-electron chi connectivity index (χ1n) is 8.54. The molecule has 1 heterocycles. The first-order valence-corrected chi connectivity index (χ1v) is 8.95. The van der Waals surface area contributed by atoms with E-state index in [1.165, 1.54) is 13.1 Å². The van der Waals surface area contributed by atoms with Crippen LogP contribution in [0.15, 0.2) is 36.4 Å². The second kappa shape index (κ2) is 7.77. The lowest BCUT2D eigenvalue weighted by Crippen LogP contribution is -2.37. The number of imide groups is 1. The van der Waals surface area contributed by atoms with Crippen LogP contribution in [-0.4, -0.2) is 41.4 Å². The van der Waals surface area contributed by atoms with Crippen LogP contribution in [0.25, 0.3) is 0 Å². The first-order chi connectivity index (χ1) is 13.3. The van der Waals surface area contributed by atoms with Gasteiger partial charge in [0.25, 0.3) is 17.7 Å². The highest BCUT2D eigenvalue weighted by Gasteiger charge is 2.32. The lowest BCUT2D eigenvalue weighted by Gasteiger charge is -2.12. The summed E-state index contributed by atoms with van der Waals surface area (Å²) in [5.41, 5.74) is 3.18. The maximum absolute atomic E-state index is 12.1. The zero-order valence-electron chi connectivity index (χ0n) is 15.7. The number of carbonyl (C=O) groups is 3. The normalized spacial score (nSPS) is 12.6. The van der Waals surface area contributed by atoms with Gasteiger partial charge in [0, 0.05) is 12.7 Å². The number of fused-ring (bicyclic) bond motifs is 1. The van der Waals surface area contributed by atoms with Gasteiger partial charge in [0.1, 0.15) is 5.75 Å². The number of benzene rings is 2. The molecule has 2 aromatic carbocycles. The molecule has 0 saturated heterocycles. The molecule has 0 aliphatic carbocycles. The number of thiocarbonyl (C=S) groups is 1. The molecule has 0 saturated carbocycles. The molecule has 0 radical (unpaired) electrons. The highest BCUT2D eigenvalue weighted by Crippen LogP contribution is 2.24. The summed E-state index contributed by atoms with van der Waals surface area (Å²) >= 11 is 5.13. The van der Waals surface area contributed by atoms with Crippen LogP contribution in [-0.2, 0) is 4.79 Å². The van der Waals surface area contributed by atoms with Gasteiger partial charge in [0.05, 0.1) is 11.1 Å². The molecule has 144 valence electrons. The molecule has 1 aliphatic heterocycles. The largest absolute Gasteiger partial charge is 0.483 e. The van der Waals surface area contributed by atoms with E-state index in [4.69, 9.17) is 17.0 Å². The van der Waals surface area contributed by atoms with Crippen LogP contribution in [0.5, 0.6) is 5.75 Å². The Morgan fingerprint density at radius 2 is 1.82 bits per heavy atom. The molecule has 2 aromatic rings. The van der Waals surface area contributed by atoms with E-state index in [0.717, 1.165) is 16.0 Å². The van der Waals surface area contributed by atoms with Gasteiger partial charge >= 0.3 is 0 Å². The average Bonchev–Trinajstić information content (AvgIpc) is 2.87. The van der Waals surface area contributed by atoms with Crippen LogP contribution in [0.3, 0.4) is 0 Å². The van der Waals surface area contributed by atoms with E-state index in [1.807, 2.05) is 26.0 Å². The molecule has 8 heteroatoms. The van der Waals surface area contributed by atoms with E-state index < -0.39 is 5.91 Å². The topological polar surface area (TPSA) is 87.7 Å². The maximum Gasteiger partial charge on any atom is 0.264 e. The van der Waals surface area contributed by atoms with Gasteiger partial charge in [-0.1, -0.05) is 12.1 Å². The second-order valence-electron chi connectivity index (χ2n) is 6.42. The molecule has 3 amide bonds. The van der Waals surface area contributed by atoms with E-state index >= 15 is 0 Å². The van der Waals surface area contributed by atoms with Crippen molar-refractivity contribution in [2.24, 2.45) is 0 Å². The zero-order chi connectivity index (χ0) is 20.4. The molecular weight excluding hydrogens is 378 g/mol. The average molecular weight is 397 g/mol. The van der Waals surface area contributed by atoms with Crippen molar-refractivity contribution in [3.63, 3.8) is 0 Å². The van der Waals surface area contributed by atoms with Crippen molar-refractivity contribution < 1.29 is 19.1 Å². The van der Waals surface area contributed by atoms with Gasteiger partial charge in [-0.2, -0.15) is 0 Å². The standard InChI is InChI=1S/C20H19N3O4S/c1-11-5-4-6-16(12(11)2)27-10-17(24)22-20(28)21-13-7-8-14-15(9-13)19(26)23(3)18(14)25/h4-9H,10H2,1-3H3,(H2,21,22,24,28). The Morgan fingerprint density at radius 1 is 1.11 bits per heavy atom. The lowest BCUT2D eigenvalue weighted by atomic mass is 10.1. The SMILES string of the molecule is Cc1cccc(OCC(=O)NC(=S)Nc2ccc3c(c2)C(=O)N(C)C3=O)c1C. The van der Waals surface area contributed by atoms with Crippen LogP contribution in [0.4, 0.5) is 5.69 Å². The highest BCUT2D eigenvalue weighted by molar-refractivity contribution is 7.80. The molecule has 1 aliphatic rings. The Hall–Kier alpha value is -3.26. The minimum atomic E-state index is -0.412. The fourth-order valence-corrected chi connectivity index (χ4v) is 3.02. The van der Waals surface area contributed by atoms with Crippen molar-refractivity contribution in [2.45, 2.75) is 13.8 Å². The quantitative estimate of drug-likeness (QED) is 0.609. The Bertz CT molecular complexity index is 1000. The highest BCUT2D eigenvalue weighted by atomic mass is 32.1. The molecule has 0 spiro atoms. The molecule has 0 fully saturated rings. The van der Waals surface area contributed by atoms with Gasteiger partial charge in [-0.05, 0) is 61.5 Å².